The van der Waals surface area contributed by atoms with Crippen molar-refractivity contribution in [2.24, 2.45) is 5.92 Å². The monoisotopic (exact) mass is 303 g/mol. The molecule has 1 aromatic rings. The molecule has 0 unspecified atom stereocenters. The molecule has 0 N–H and O–H groups in total. The number of ether oxygens (including phenoxy) is 1. The Bertz CT molecular complexity index is 615. The highest BCUT2D eigenvalue weighted by Crippen LogP contribution is 2.27. The molecule has 1 heterocycles. The second-order valence-electron chi connectivity index (χ2n) is 5.52. The number of Topliss-reactive ketones (excluding diaryl/α,β-unsaturated/α-hetero) is 1. The summed E-state index contributed by atoms with van der Waals surface area (Å²) in [7, 11) is 0. The van der Waals surface area contributed by atoms with Crippen LogP contribution in [0.2, 0.25) is 0 Å². The van der Waals surface area contributed by atoms with Crippen molar-refractivity contribution >= 4 is 23.6 Å². The maximum Gasteiger partial charge on any atom is 0.330 e. The van der Waals surface area contributed by atoms with E-state index in [9.17, 15) is 19.2 Å². The lowest BCUT2D eigenvalue weighted by molar-refractivity contribution is -0.152. The van der Waals surface area contributed by atoms with Crippen LogP contribution in [0.5, 0.6) is 0 Å². The summed E-state index contributed by atoms with van der Waals surface area (Å²) in [5.41, 5.74) is 0.551. The van der Waals surface area contributed by atoms with Gasteiger partial charge < -0.3 is 4.74 Å². The second kappa shape index (κ2) is 6.09. The molecule has 0 radical (unpaired) electrons. The molecule has 2 amide bonds. The number of fused-ring (bicyclic) bond motifs is 1. The zero-order valence-corrected chi connectivity index (χ0v) is 12.7. The van der Waals surface area contributed by atoms with E-state index in [0.29, 0.717) is 0 Å². The van der Waals surface area contributed by atoms with Crippen molar-refractivity contribution < 1.29 is 23.9 Å². The van der Waals surface area contributed by atoms with Crippen LogP contribution in [0.1, 0.15) is 41.5 Å². The molecule has 0 aliphatic carbocycles. The lowest BCUT2D eigenvalue weighted by atomic mass is 10.0. The lowest BCUT2D eigenvalue weighted by Gasteiger charge is -2.27. The number of carbonyl (C=O) groups excluding carboxylic acids is 4. The highest BCUT2D eigenvalue weighted by molar-refractivity contribution is 6.22. The fraction of sp³-hybridized carbons (Fsp3) is 0.375. The molecule has 0 bridgehead atoms. The average molecular weight is 303 g/mol. The Kier molecular flexibility index (Phi) is 4.40. The molecule has 1 aliphatic heterocycles. The number of hydrogen-bond donors (Lipinski definition) is 0. The maximum absolute atomic E-state index is 12.4. The van der Waals surface area contributed by atoms with Crippen molar-refractivity contribution in [3.05, 3.63) is 35.4 Å². The van der Waals surface area contributed by atoms with Gasteiger partial charge in [-0.1, -0.05) is 26.0 Å². The van der Waals surface area contributed by atoms with Crippen molar-refractivity contribution in [2.75, 3.05) is 6.61 Å². The predicted octanol–water partition coefficient (Wildman–Crippen LogP) is 1.44. The third kappa shape index (κ3) is 2.77. The number of nitrogens with zero attached hydrogens (tertiary/aromatic N) is 1. The third-order valence-corrected chi connectivity index (χ3v) is 3.39. The maximum atomic E-state index is 12.4. The zero-order valence-electron chi connectivity index (χ0n) is 12.7. The first kappa shape index (κ1) is 15.9. The van der Waals surface area contributed by atoms with E-state index in [2.05, 4.69) is 0 Å². The van der Waals surface area contributed by atoms with Crippen molar-refractivity contribution in [3.63, 3.8) is 0 Å². The van der Waals surface area contributed by atoms with Gasteiger partial charge >= 0.3 is 5.97 Å². The number of rotatable bonds is 5. The standard InChI is InChI=1S/C16H17NO5/c1-9(2)13(16(21)22-8-10(3)18)17-14(19)11-6-4-5-7-12(11)15(17)20/h4-7,9,13H,8H2,1-3H3/t13-/m0/s1. The van der Waals surface area contributed by atoms with Crippen LogP contribution in [-0.4, -0.2) is 41.1 Å². The van der Waals surface area contributed by atoms with Crippen LogP contribution in [0.15, 0.2) is 24.3 Å². The summed E-state index contributed by atoms with van der Waals surface area (Å²) in [5, 5.41) is 0. The molecule has 0 spiro atoms. The van der Waals surface area contributed by atoms with E-state index >= 15 is 0 Å². The van der Waals surface area contributed by atoms with Crippen LogP contribution in [-0.2, 0) is 14.3 Å². The Morgan fingerprint density at radius 3 is 2.00 bits per heavy atom. The number of carbonyl (C=O) groups is 4. The Hall–Kier alpha value is -2.50. The van der Waals surface area contributed by atoms with Gasteiger partial charge in [-0.15, -0.1) is 0 Å². The first-order valence-corrected chi connectivity index (χ1v) is 6.97. The van der Waals surface area contributed by atoms with E-state index in [0.717, 1.165) is 4.90 Å². The largest absolute Gasteiger partial charge is 0.456 e. The molecular formula is C16H17NO5. The molecule has 2 rings (SSSR count). The SMILES string of the molecule is CC(=O)COC(=O)[C@H](C(C)C)N1C(=O)c2ccccc2C1=O. The molecule has 116 valence electrons. The van der Waals surface area contributed by atoms with Crippen LogP contribution in [0, 0.1) is 5.92 Å². The fourth-order valence-corrected chi connectivity index (χ4v) is 2.39. The minimum Gasteiger partial charge on any atom is -0.456 e. The van der Waals surface area contributed by atoms with Gasteiger partial charge in [-0.2, -0.15) is 0 Å². The van der Waals surface area contributed by atoms with Gasteiger partial charge in [0, 0.05) is 0 Å². The van der Waals surface area contributed by atoms with Gasteiger partial charge in [-0.25, -0.2) is 4.79 Å². The van der Waals surface area contributed by atoms with Gasteiger partial charge in [-0.3, -0.25) is 19.3 Å². The number of esters is 1. The molecule has 0 fully saturated rings. The Morgan fingerprint density at radius 2 is 1.59 bits per heavy atom. The van der Waals surface area contributed by atoms with E-state index in [1.807, 2.05) is 0 Å². The van der Waals surface area contributed by atoms with Crippen LogP contribution in [0.3, 0.4) is 0 Å². The molecule has 22 heavy (non-hydrogen) atoms. The second-order valence-corrected chi connectivity index (χ2v) is 5.52. The first-order chi connectivity index (χ1) is 10.3. The van der Waals surface area contributed by atoms with Gasteiger partial charge in [0.2, 0.25) is 0 Å². The fourth-order valence-electron chi connectivity index (χ4n) is 2.39. The number of amides is 2. The van der Waals surface area contributed by atoms with Crippen molar-refractivity contribution in [1.82, 2.24) is 4.90 Å². The summed E-state index contributed by atoms with van der Waals surface area (Å²) in [6.07, 6.45) is 0. The Morgan fingerprint density at radius 1 is 1.09 bits per heavy atom. The molecule has 6 heteroatoms. The summed E-state index contributed by atoms with van der Waals surface area (Å²) in [5.74, 6) is -2.42. The van der Waals surface area contributed by atoms with Crippen LogP contribution in [0.25, 0.3) is 0 Å². The predicted molar refractivity (Wildman–Crippen MR) is 77.2 cm³/mol. The topological polar surface area (TPSA) is 80.8 Å². The highest BCUT2D eigenvalue weighted by atomic mass is 16.5. The molecular weight excluding hydrogens is 286 g/mol. The molecule has 0 aromatic heterocycles. The van der Waals surface area contributed by atoms with Gasteiger partial charge in [0.05, 0.1) is 11.1 Å². The summed E-state index contributed by atoms with van der Waals surface area (Å²) >= 11 is 0. The van der Waals surface area contributed by atoms with Crippen molar-refractivity contribution in [3.8, 4) is 0 Å². The first-order valence-electron chi connectivity index (χ1n) is 6.97. The highest BCUT2D eigenvalue weighted by Gasteiger charge is 2.44. The van der Waals surface area contributed by atoms with Gasteiger partial charge in [-0.05, 0) is 25.0 Å². The van der Waals surface area contributed by atoms with Gasteiger partial charge in [0.15, 0.2) is 5.78 Å². The normalized spacial score (nSPS) is 15.0. The summed E-state index contributed by atoms with van der Waals surface area (Å²) in [6, 6.07) is 5.37. The molecule has 1 atom stereocenters. The minimum atomic E-state index is -1.05. The minimum absolute atomic E-state index is 0.275. The lowest BCUT2D eigenvalue weighted by Crippen LogP contribution is -2.48. The van der Waals surface area contributed by atoms with Gasteiger partial charge in [0.1, 0.15) is 12.6 Å². The number of imide groups is 1. The van der Waals surface area contributed by atoms with Crippen molar-refractivity contribution in [1.29, 1.82) is 0 Å². The van der Waals surface area contributed by atoms with E-state index in [1.54, 1.807) is 38.1 Å². The average Bonchev–Trinajstić information content (AvgIpc) is 2.71. The number of hydrogen-bond acceptors (Lipinski definition) is 5. The third-order valence-electron chi connectivity index (χ3n) is 3.39. The zero-order chi connectivity index (χ0) is 16.4. The van der Waals surface area contributed by atoms with Crippen molar-refractivity contribution in [2.45, 2.75) is 26.8 Å². The summed E-state index contributed by atoms with van der Waals surface area (Å²) < 4.78 is 4.90. The molecule has 6 nitrogen and oxygen atoms in total. The van der Waals surface area contributed by atoms with Crippen LogP contribution >= 0.6 is 0 Å². The Balaban J connectivity index is 2.31. The van der Waals surface area contributed by atoms with Crippen LogP contribution in [0.4, 0.5) is 0 Å². The van der Waals surface area contributed by atoms with Crippen LogP contribution < -0.4 is 0 Å². The summed E-state index contributed by atoms with van der Waals surface area (Å²) in [4.78, 5) is 48.9. The van der Waals surface area contributed by atoms with Gasteiger partial charge in [0.25, 0.3) is 11.8 Å². The summed E-state index contributed by atoms with van der Waals surface area (Å²) in [6.45, 7) is 4.34. The number of ketones is 1. The molecule has 1 aliphatic rings. The van der Waals surface area contributed by atoms with E-state index < -0.39 is 23.8 Å². The molecule has 0 saturated carbocycles. The quantitative estimate of drug-likeness (QED) is 0.607. The van der Waals surface area contributed by atoms with E-state index in [4.69, 9.17) is 4.74 Å². The molecule has 0 saturated heterocycles. The van der Waals surface area contributed by atoms with E-state index in [-0.39, 0.29) is 29.4 Å². The smallest absolute Gasteiger partial charge is 0.330 e. The molecule has 1 aromatic carbocycles. The Labute approximate surface area is 128 Å². The van der Waals surface area contributed by atoms with E-state index in [1.165, 1.54) is 6.92 Å². The number of benzene rings is 1.